The van der Waals surface area contributed by atoms with Crippen LogP contribution in [-0.2, 0) is 6.61 Å². The molecule has 4 heteroatoms. The van der Waals surface area contributed by atoms with E-state index in [1.165, 1.54) is 0 Å². The molecule has 2 aromatic rings. The smallest absolute Gasteiger partial charge is 0.125 e. The minimum Gasteiger partial charge on any atom is -0.488 e. The molecule has 0 heterocycles. The number of rotatable bonds is 6. The maximum absolute atomic E-state index is 10.3. The third-order valence-electron chi connectivity index (χ3n) is 4.57. The SMILES string of the molecule is Cc1cc([C@H](N)[C@H](O)C2CC2)cc(C)c1OCc1ccccc1.Cl. The summed E-state index contributed by atoms with van der Waals surface area (Å²) in [5, 5.41) is 10.3. The van der Waals surface area contributed by atoms with E-state index in [4.69, 9.17) is 10.5 Å². The maximum atomic E-state index is 10.3. The lowest BCUT2D eigenvalue weighted by Crippen LogP contribution is -2.28. The molecule has 3 rings (SSSR count). The molecule has 1 aliphatic rings. The fourth-order valence-electron chi connectivity index (χ4n) is 3.06. The second-order valence-corrected chi connectivity index (χ2v) is 6.61. The maximum Gasteiger partial charge on any atom is 0.125 e. The van der Waals surface area contributed by atoms with Gasteiger partial charge in [0.25, 0.3) is 0 Å². The number of aryl methyl sites for hydroxylation is 2. The Labute approximate surface area is 150 Å². The number of benzene rings is 2. The van der Waals surface area contributed by atoms with E-state index in [2.05, 4.69) is 12.1 Å². The summed E-state index contributed by atoms with van der Waals surface area (Å²) in [4.78, 5) is 0. The minimum atomic E-state index is -0.440. The van der Waals surface area contributed by atoms with Gasteiger partial charge < -0.3 is 15.6 Å². The van der Waals surface area contributed by atoms with Crippen molar-refractivity contribution in [1.29, 1.82) is 0 Å². The van der Waals surface area contributed by atoms with Gasteiger partial charge in [0.2, 0.25) is 0 Å². The van der Waals surface area contributed by atoms with E-state index in [0.29, 0.717) is 12.5 Å². The van der Waals surface area contributed by atoms with Gasteiger partial charge in [0, 0.05) is 0 Å². The molecule has 1 saturated carbocycles. The molecule has 130 valence electrons. The van der Waals surface area contributed by atoms with Gasteiger partial charge in [-0.25, -0.2) is 0 Å². The molecule has 3 N–H and O–H groups in total. The number of nitrogens with two attached hydrogens (primary N) is 1. The lowest BCUT2D eigenvalue weighted by Gasteiger charge is -2.21. The van der Waals surface area contributed by atoms with E-state index in [1.807, 2.05) is 44.2 Å². The Kier molecular flexibility index (Phi) is 6.27. The molecule has 24 heavy (non-hydrogen) atoms. The lowest BCUT2D eigenvalue weighted by molar-refractivity contribution is 0.122. The van der Waals surface area contributed by atoms with Crippen molar-refractivity contribution >= 4 is 12.4 Å². The summed E-state index contributed by atoms with van der Waals surface area (Å²) in [7, 11) is 0. The Bertz CT molecular complexity index is 648. The Morgan fingerprint density at radius 1 is 1.12 bits per heavy atom. The first-order valence-corrected chi connectivity index (χ1v) is 8.28. The predicted octanol–water partition coefficient (Wildman–Crippen LogP) is 4.07. The summed E-state index contributed by atoms with van der Waals surface area (Å²) < 4.78 is 6.01. The Hall–Kier alpha value is -1.55. The van der Waals surface area contributed by atoms with Crippen molar-refractivity contribution in [1.82, 2.24) is 0 Å². The zero-order valence-corrected chi connectivity index (χ0v) is 15.1. The van der Waals surface area contributed by atoms with Crippen LogP contribution in [0.3, 0.4) is 0 Å². The highest BCUT2D eigenvalue weighted by Crippen LogP contribution is 2.38. The summed E-state index contributed by atoms with van der Waals surface area (Å²) in [5.74, 6) is 1.28. The largest absolute Gasteiger partial charge is 0.488 e. The van der Waals surface area contributed by atoms with Crippen molar-refractivity contribution in [2.45, 2.75) is 45.4 Å². The Morgan fingerprint density at radius 2 is 1.71 bits per heavy atom. The first-order chi connectivity index (χ1) is 11.1. The van der Waals surface area contributed by atoms with E-state index in [0.717, 1.165) is 40.8 Å². The van der Waals surface area contributed by atoms with Crippen molar-refractivity contribution in [2.75, 3.05) is 0 Å². The Balaban J connectivity index is 0.00000208. The van der Waals surface area contributed by atoms with Gasteiger partial charge in [-0.15, -0.1) is 12.4 Å². The van der Waals surface area contributed by atoms with Crippen LogP contribution in [-0.4, -0.2) is 11.2 Å². The molecule has 2 atom stereocenters. The summed E-state index contributed by atoms with van der Waals surface area (Å²) in [5.41, 5.74) is 10.5. The van der Waals surface area contributed by atoms with E-state index < -0.39 is 6.10 Å². The molecular formula is C20H26ClNO2. The fourth-order valence-corrected chi connectivity index (χ4v) is 3.06. The van der Waals surface area contributed by atoms with Crippen LogP contribution >= 0.6 is 12.4 Å². The Morgan fingerprint density at radius 3 is 2.25 bits per heavy atom. The molecule has 1 aliphatic carbocycles. The molecule has 0 aliphatic heterocycles. The first kappa shape index (κ1) is 18.8. The zero-order chi connectivity index (χ0) is 16.4. The summed E-state index contributed by atoms with van der Waals surface area (Å²) in [6, 6.07) is 13.9. The minimum absolute atomic E-state index is 0. The molecule has 0 saturated heterocycles. The van der Waals surface area contributed by atoms with Crippen LogP contribution in [0, 0.1) is 19.8 Å². The van der Waals surface area contributed by atoms with Crippen LogP contribution in [0.5, 0.6) is 5.75 Å². The summed E-state index contributed by atoms with van der Waals surface area (Å²) in [6.07, 6.45) is 1.74. The molecule has 0 unspecified atom stereocenters. The van der Waals surface area contributed by atoms with E-state index >= 15 is 0 Å². The van der Waals surface area contributed by atoms with Crippen molar-refractivity contribution in [2.24, 2.45) is 11.7 Å². The highest BCUT2D eigenvalue weighted by molar-refractivity contribution is 5.85. The normalized spacial score (nSPS) is 16.2. The van der Waals surface area contributed by atoms with Gasteiger partial charge in [0.15, 0.2) is 0 Å². The third kappa shape index (κ3) is 4.29. The number of hydrogen-bond acceptors (Lipinski definition) is 3. The molecule has 0 aromatic heterocycles. The lowest BCUT2D eigenvalue weighted by atomic mass is 9.95. The van der Waals surface area contributed by atoms with Crippen molar-refractivity contribution in [3.05, 3.63) is 64.7 Å². The molecular weight excluding hydrogens is 322 g/mol. The number of halogens is 1. The van der Waals surface area contributed by atoms with Crippen LogP contribution < -0.4 is 10.5 Å². The molecule has 2 aromatic carbocycles. The predicted molar refractivity (Wildman–Crippen MR) is 99.6 cm³/mol. The van der Waals surface area contributed by atoms with E-state index in [9.17, 15) is 5.11 Å². The van der Waals surface area contributed by atoms with E-state index in [-0.39, 0.29) is 18.4 Å². The molecule has 0 bridgehead atoms. The first-order valence-electron chi connectivity index (χ1n) is 8.28. The van der Waals surface area contributed by atoms with Gasteiger partial charge in [0.1, 0.15) is 12.4 Å². The second kappa shape index (κ2) is 8.02. The van der Waals surface area contributed by atoms with Crippen molar-refractivity contribution in [3.8, 4) is 5.75 Å². The second-order valence-electron chi connectivity index (χ2n) is 6.61. The molecule has 3 nitrogen and oxygen atoms in total. The van der Waals surface area contributed by atoms with Gasteiger partial charge in [-0.3, -0.25) is 0 Å². The van der Waals surface area contributed by atoms with Crippen LogP contribution in [0.2, 0.25) is 0 Å². The van der Waals surface area contributed by atoms with Gasteiger partial charge in [-0.05, 0) is 54.9 Å². The number of aliphatic hydroxyl groups is 1. The van der Waals surface area contributed by atoms with E-state index in [1.54, 1.807) is 0 Å². The fraction of sp³-hybridized carbons (Fsp3) is 0.400. The summed E-state index contributed by atoms with van der Waals surface area (Å²) in [6.45, 7) is 4.62. The zero-order valence-electron chi connectivity index (χ0n) is 14.2. The third-order valence-corrected chi connectivity index (χ3v) is 4.57. The monoisotopic (exact) mass is 347 g/mol. The van der Waals surface area contributed by atoms with Gasteiger partial charge in [-0.2, -0.15) is 0 Å². The highest BCUT2D eigenvalue weighted by atomic mass is 35.5. The number of ether oxygens (including phenoxy) is 1. The number of aliphatic hydroxyl groups excluding tert-OH is 1. The van der Waals surface area contributed by atoms with Gasteiger partial charge >= 0.3 is 0 Å². The van der Waals surface area contributed by atoms with Crippen LogP contribution in [0.25, 0.3) is 0 Å². The van der Waals surface area contributed by atoms with Gasteiger partial charge in [-0.1, -0.05) is 42.5 Å². The van der Waals surface area contributed by atoms with Crippen LogP contribution in [0.1, 0.15) is 41.1 Å². The van der Waals surface area contributed by atoms with Crippen molar-refractivity contribution < 1.29 is 9.84 Å². The average molecular weight is 348 g/mol. The molecule has 1 fully saturated rings. The van der Waals surface area contributed by atoms with Crippen LogP contribution in [0.4, 0.5) is 0 Å². The standard InChI is InChI=1S/C20H25NO2.ClH/c1-13-10-17(18(21)19(22)16-8-9-16)11-14(2)20(13)23-12-15-6-4-3-5-7-15;/h3-7,10-11,16,18-19,22H,8-9,12,21H2,1-2H3;1H/t18-,19+;/m0./s1. The van der Waals surface area contributed by atoms with Crippen molar-refractivity contribution in [3.63, 3.8) is 0 Å². The highest BCUT2D eigenvalue weighted by Gasteiger charge is 2.34. The molecule has 0 radical (unpaired) electrons. The number of hydrogen-bond donors (Lipinski definition) is 2. The summed E-state index contributed by atoms with van der Waals surface area (Å²) >= 11 is 0. The van der Waals surface area contributed by atoms with Gasteiger partial charge in [0.05, 0.1) is 12.1 Å². The average Bonchev–Trinajstić information content (AvgIpc) is 3.38. The topological polar surface area (TPSA) is 55.5 Å². The quantitative estimate of drug-likeness (QED) is 0.828. The molecule has 0 spiro atoms. The molecule has 0 amide bonds. The van der Waals surface area contributed by atoms with Crippen LogP contribution in [0.15, 0.2) is 42.5 Å².